The predicted octanol–water partition coefficient (Wildman–Crippen LogP) is 3.69. The number of aromatic amines is 1. The standard InChI is InChI=1S/C17H18N2O/c1-4-12-10(2)16(18-11(12)3)9-14-13-7-5-6-8-15(13)19-17(14)20/h5-9,18H,4H2,1-3H3,(H,19,20). The molecule has 0 saturated carbocycles. The Hall–Kier alpha value is -2.29. The van der Waals surface area contributed by atoms with Crippen LogP contribution in [0.3, 0.4) is 0 Å². The van der Waals surface area contributed by atoms with Crippen LogP contribution in [0.15, 0.2) is 24.3 Å². The number of nitrogens with one attached hydrogen (secondary N) is 2. The van der Waals surface area contributed by atoms with Gasteiger partial charge >= 0.3 is 0 Å². The molecule has 1 aromatic heterocycles. The SMILES string of the molecule is CCc1c(C)[nH]c(C=C2C(=O)Nc3ccccc32)c1C. The lowest BCUT2D eigenvalue weighted by Gasteiger charge is -1.99. The van der Waals surface area contributed by atoms with Gasteiger partial charge in [0.1, 0.15) is 0 Å². The summed E-state index contributed by atoms with van der Waals surface area (Å²) in [6.45, 7) is 6.33. The quantitative estimate of drug-likeness (QED) is 0.800. The summed E-state index contributed by atoms with van der Waals surface area (Å²) < 4.78 is 0. The molecule has 3 nitrogen and oxygen atoms in total. The predicted molar refractivity (Wildman–Crippen MR) is 82.6 cm³/mol. The van der Waals surface area contributed by atoms with E-state index in [-0.39, 0.29) is 5.91 Å². The highest BCUT2D eigenvalue weighted by atomic mass is 16.2. The molecule has 2 aromatic rings. The summed E-state index contributed by atoms with van der Waals surface area (Å²) in [5.74, 6) is -0.0316. The molecule has 0 aliphatic carbocycles. The molecule has 0 atom stereocenters. The maximum atomic E-state index is 12.1. The lowest BCUT2D eigenvalue weighted by atomic mass is 10.0. The van der Waals surface area contributed by atoms with Crippen molar-refractivity contribution in [1.82, 2.24) is 4.98 Å². The molecule has 1 aliphatic heterocycles. The van der Waals surface area contributed by atoms with Crippen LogP contribution < -0.4 is 5.32 Å². The first kappa shape index (κ1) is 12.7. The van der Waals surface area contributed by atoms with E-state index < -0.39 is 0 Å². The van der Waals surface area contributed by atoms with E-state index in [1.54, 1.807) is 0 Å². The first-order chi connectivity index (χ1) is 9.61. The van der Waals surface area contributed by atoms with Gasteiger partial charge in [-0.05, 0) is 43.5 Å². The first-order valence-corrected chi connectivity index (χ1v) is 6.92. The Balaban J connectivity index is 2.12. The Morgan fingerprint density at radius 3 is 2.65 bits per heavy atom. The molecule has 2 heterocycles. The number of benzene rings is 1. The molecule has 1 aromatic carbocycles. The van der Waals surface area contributed by atoms with Gasteiger partial charge in [-0.25, -0.2) is 0 Å². The van der Waals surface area contributed by atoms with E-state index in [4.69, 9.17) is 0 Å². The zero-order chi connectivity index (χ0) is 14.3. The Morgan fingerprint density at radius 1 is 1.20 bits per heavy atom. The third-order valence-corrected chi connectivity index (χ3v) is 3.98. The monoisotopic (exact) mass is 266 g/mol. The summed E-state index contributed by atoms with van der Waals surface area (Å²) in [7, 11) is 0. The van der Waals surface area contributed by atoms with Gasteiger partial charge in [-0.3, -0.25) is 4.79 Å². The second kappa shape index (κ2) is 4.67. The van der Waals surface area contributed by atoms with E-state index >= 15 is 0 Å². The van der Waals surface area contributed by atoms with Crippen molar-refractivity contribution in [2.24, 2.45) is 0 Å². The zero-order valence-electron chi connectivity index (χ0n) is 12.0. The van der Waals surface area contributed by atoms with E-state index in [1.807, 2.05) is 30.3 Å². The number of carbonyl (C=O) groups is 1. The number of H-pyrrole nitrogens is 1. The van der Waals surface area contributed by atoms with Crippen molar-refractivity contribution in [3.63, 3.8) is 0 Å². The van der Waals surface area contributed by atoms with Crippen molar-refractivity contribution in [3.8, 4) is 0 Å². The molecule has 0 spiro atoms. The van der Waals surface area contributed by atoms with Crippen molar-refractivity contribution in [2.45, 2.75) is 27.2 Å². The van der Waals surface area contributed by atoms with Crippen LogP contribution in [0, 0.1) is 13.8 Å². The molecule has 3 rings (SSSR count). The normalized spacial score (nSPS) is 15.6. The van der Waals surface area contributed by atoms with Crippen LogP contribution in [0.1, 0.15) is 35.0 Å². The van der Waals surface area contributed by atoms with Crippen molar-refractivity contribution < 1.29 is 4.79 Å². The Bertz CT molecular complexity index is 723. The van der Waals surface area contributed by atoms with Crippen molar-refractivity contribution in [1.29, 1.82) is 0 Å². The number of anilines is 1. The van der Waals surface area contributed by atoms with E-state index in [0.29, 0.717) is 0 Å². The van der Waals surface area contributed by atoms with Gasteiger partial charge in [0.25, 0.3) is 5.91 Å². The Labute approximate surface area is 118 Å². The van der Waals surface area contributed by atoms with Crippen LogP contribution in [-0.2, 0) is 11.2 Å². The number of fused-ring (bicyclic) bond motifs is 1. The van der Waals surface area contributed by atoms with Crippen LogP contribution in [0.2, 0.25) is 0 Å². The van der Waals surface area contributed by atoms with Crippen LogP contribution in [0.5, 0.6) is 0 Å². The topological polar surface area (TPSA) is 44.9 Å². The lowest BCUT2D eigenvalue weighted by Crippen LogP contribution is -2.03. The molecule has 3 heteroatoms. The molecule has 102 valence electrons. The van der Waals surface area contributed by atoms with Crippen LogP contribution in [0.4, 0.5) is 5.69 Å². The molecule has 0 radical (unpaired) electrons. The van der Waals surface area contributed by atoms with Gasteiger partial charge in [0, 0.05) is 22.6 Å². The highest BCUT2D eigenvalue weighted by Crippen LogP contribution is 2.33. The van der Waals surface area contributed by atoms with Crippen molar-refractivity contribution in [2.75, 3.05) is 5.32 Å². The number of hydrogen-bond donors (Lipinski definition) is 2. The fourth-order valence-electron chi connectivity index (χ4n) is 2.92. The number of aromatic nitrogens is 1. The Morgan fingerprint density at radius 2 is 1.95 bits per heavy atom. The second-order valence-electron chi connectivity index (χ2n) is 5.18. The minimum absolute atomic E-state index is 0.0316. The van der Waals surface area contributed by atoms with Gasteiger partial charge < -0.3 is 10.3 Å². The third kappa shape index (κ3) is 1.86. The van der Waals surface area contributed by atoms with Gasteiger partial charge in [0.15, 0.2) is 0 Å². The minimum Gasteiger partial charge on any atom is -0.359 e. The van der Waals surface area contributed by atoms with Gasteiger partial charge in [-0.15, -0.1) is 0 Å². The molecular weight excluding hydrogens is 248 g/mol. The van der Waals surface area contributed by atoms with E-state index in [9.17, 15) is 4.79 Å². The zero-order valence-corrected chi connectivity index (χ0v) is 12.0. The molecule has 0 saturated heterocycles. The van der Waals surface area contributed by atoms with Crippen LogP contribution in [-0.4, -0.2) is 10.9 Å². The molecule has 20 heavy (non-hydrogen) atoms. The number of rotatable bonds is 2. The summed E-state index contributed by atoms with van der Waals surface area (Å²) in [5, 5.41) is 2.90. The maximum absolute atomic E-state index is 12.1. The molecule has 0 bridgehead atoms. The highest BCUT2D eigenvalue weighted by Gasteiger charge is 2.24. The summed E-state index contributed by atoms with van der Waals surface area (Å²) in [6, 6.07) is 7.79. The van der Waals surface area contributed by atoms with E-state index in [2.05, 4.69) is 31.1 Å². The van der Waals surface area contributed by atoms with Crippen LogP contribution >= 0.6 is 0 Å². The number of hydrogen-bond acceptors (Lipinski definition) is 1. The fraction of sp³-hybridized carbons (Fsp3) is 0.235. The molecule has 1 amide bonds. The highest BCUT2D eigenvalue weighted by molar-refractivity contribution is 6.34. The van der Waals surface area contributed by atoms with Crippen molar-refractivity contribution in [3.05, 3.63) is 52.3 Å². The number of para-hydroxylation sites is 1. The average Bonchev–Trinajstić information content (AvgIpc) is 2.88. The lowest BCUT2D eigenvalue weighted by molar-refractivity contribution is -0.110. The Kier molecular flexibility index (Phi) is 2.97. The summed E-state index contributed by atoms with van der Waals surface area (Å²) >= 11 is 0. The number of aryl methyl sites for hydroxylation is 1. The second-order valence-corrected chi connectivity index (χ2v) is 5.18. The molecule has 0 fully saturated rings. The smallest absolute Gasteiger partial charge is 0.256 e. The van der Waals surface area contributed by atoms with Gasteiger partial charge in [-0.1, -0.05) is 25.1 Å². The molecule has 1 aliphatic rings. The third-order valence-electron chi connectivity index (χ3n) is 3.98. The molecular formula is C17H18N2O. The van der Waals surface area contributed by atoms with Gasteiger partial charge in [-0.2, -0.15) is 0 Å². The first-order valence-electron chi connectivity index (χ1n) is 6.92. The summed E-state index contributed by atoms with van der Waals surface area (Å²) in [5.41, 5.74) is 7.37. The summed E-state index contributed by atoms with van der Waals surface area (Å²) in [6.07, 6.45) is 2.96. The van der Waals surface area contributed by atoms with Gasteiger partial charge in [0.05, 0.1) is 5.57 Å². The fourth-order valence-corrected chi connectivity index (χ4v) is 2.92. The number of carbonyl (C=O) groups excluding carboxylic acids is 1. The van der Waals surface area contributed by atoms with E-state index in [1.165, 1.54) is 16.8 Å². The van der Waals surface area contributed by atoms with Crippen LogP contribution in [0.25, 0.3) is 11.6 Å². The average molecular weight is 266 g/mol. The van der Waals surface area contributed by atoms with Crippen molar-refractivity contribution >= 4 is 23.2 Å². The molecule has 2 N–H and O–H groups in total. The molecule has 0 unspecified atom stereocenters. The maximum Gasteiger partial charge on any atom is 0.256 e. The van der Waals surface area contributed by atoms with E-state index in [0.717, 1.165) is 28.9 Å². The van der Waals surface area contributed by atoms with Gasteiger partial charge in [0.2, 0.25) is 0 Å². The minimum atomic E-state index is -0.0316. The number of amides is 1. The largest absolute Gasteiger partial charge is 0.359 e. The summed E-state index contributed by atoms with van der Waals surface area (Å²) in [4.78, 5) is 15.5.